The van der Waals surface area contributed by atoms with E-state index < -0.39 is 18.1 Å². The van der Waals surface area contributed by atoms with Gasteiger partial charge in [-0.1, -0.05) is 35.9 Å². The molecule has 6 rings (SSSR count). The molecule has 4 aromatic rings. The maximum Gasteiger partial charge on any atom is 0.291 e. The Morgan fingerprint density at radius 3 is 2.48 bits per heavy atom. The highest BCUT2D eigenvalue weighted by atomic mass is 35.5. The van der Waals surface area contributed by atoms with E-state index in [1.807, 2.05) is 49.9 Å². The van der Waals surface area contributed by atoms with E-state index in [4.69, 9.17) is 16.3 Å². The molecule has 0 aliphatic carbocycles. The maximum atomic E-state index is 14.8. The van der Waals surface area contributed by atoms with Crippen LogP contribution in [-0.4, -0.2) is 88.1 Å². The average Bonchev–Trinajstić information content (AvgIpc) is 3.45. The van der Waals surface area contributed by atoms with Crippen molar-refractivity contribution in [2.75, 3.05) is 44.4 Å². The third-order valence-electron chi connectivity index (χ3n) is 9.93. The average molecular weight is 731 g/mol. The van der Waals surface area contributed by atoms with E-state index in [0.29, 0.717) is 53.8 Å². The van der Waals surface area contributed by atoms with Crippen molar-refractivity contribution in [3.63, 3.8) is 0 Å². The zero-order valence-electron chi connectivity index (χ0n) is 30.1. The molecule has 4 heterocycles. The fraction of sp³-hybridized carbons (Fsp3) is 0.395. The van der Waals surface area contributed by atoms with Crippen LogP contribution in [0.25, 0.3) is 11.1 Å². The lowest BCUT2D eigenvalue weighted by Gasteiger charge is -2.34. The molecule has 0 unspecified atom stereocenters. The molecule has 3 N–H and O–H groups in total. The number of ether oxygens (including phenoxy) is 1. The van der Waals surface area contributed by atoms with Gasteiger partial charge in [0.2, 0.25) is 5.91 Å². The molecule has 2 atom stereocenters. The number of likely N-dealkylation sites (tertiary alicyclic amines) is 1. The molecule has 2 aromatic carbocycles. The van der Waals surface area contributed by atoms with Crippen LogP contribution in [0.1, 0.15) is 62.5 Å². The largest absolute Gasteiger partial charge is 0.380 e. The molecule has 1 fully saturated rings. The second-order valence-electron chi connectivity index (χ2n) is 13.5. The molecule has 14 heteroatoms. The number of alkyl halides is 1. The molecule has 2 aliphatic heterocycles. The number of imidazole rings is 1. The van der Waals surface area contributed by atoms with E-state index >= 15 is 0 Å². The summed E-state index contributed by atoms with van der Waals surface area (Å²) < 4.78 is 22.1. The first kappa shape index (κ1) is 37.1. The second kappa shape index (κ2) is 15.9. The lowest BCUT2D eigenvalue weighted by Crippen LogP contribution is -2.51. The van der Waals surface area contributed by atoms with Crippen molar-refractivity contribution in [2.45, 2.75) is 58.6 Å². The predicted octanol–water partition coefficient (Wildman–Crippen LogP) is 5.13. The molecule has 274 valence electrons. The fourth-order valence-electron chi connectivity index (χ4n) is 6.89. The van der Waals surface area contributed by atoms with E-state index in [2.05, 4.69) is 30.8 Å². The van der Waals surface area contributed by atoms with Crippen molar-refractivity contribution in [1.82, 2.24) is 29.7 Å². The van der Waals surface area contributed by atoms with E-state index in [1.54, 1.807) is 31.5 Å². The van der Waals surface area contributed by atoms with Crippen molar-refractivity contribution in [3.8, 4) is 11.1 Å². The van der Waals surface area contributed by atoms with Crippen molar-refractivity contribution < 1.29 is 23.5 Å². The number of benzene rings is 2. The highest BCUT2D eigenvalue weighted by Crippen LogP contribution is 2.38. The Balaban J connectivity index is 1.16. The van der Waals surface area contributed by atoms with E-state index in [9.17, 15) is 18.8 Å². The molecule has 0 spiro atoms. The number of carbonyl (C=O) groups is 3. The van der Waals surface area contributed by atoms with Crippen LogP contribution in [0, 0.1) is 6.92 Å². The number of halogens is 2. The number of carbonyl (C=O) groups excluding carboxylic acids is 3. The van der Waals surface area contributed by atoms with Gasteiger partial charge < -0.3 is 35.1 Å². The zero-order valence-corrected chi connectivity index (χ0v) is 30.8. The summed E-state index contributed by atoms with van der Waals surface area (Å²) in [5.41, 5.74) is 6.97. The second-order valence-corrected chi connectivity index (χ2v) is 13.8. The van der Waals surface area contributed by atoms with Gasteiger partial charge in [0, 0.05) is 82.9 Å². The first-order chi connectivity index (χ1) is 24.9. The van der Waals surface area contributed by atoms with E-state index in [0.717, 1.165) is 46.6 Å². The number of fused-ring (bicyclic) bond motifs is 1. The molecular formula is C38H44ClFN8O4. The summed E-state index contributed by atoms with van der Waals surface area (Å²) in [6.45, 7) is 6.07. The van der Waals surface area contributed by atoms with Crippen LogP contribution in [0.4, 0.5) is 15.8 Å². The first-order valence-corrected chi connectivity index (χ1v) is 17.7. The highest BCUT2D eigenvalue weighted by Gasteiger charge is 2.30. The summed E-state index contributed by atoms with van der Waals surface area (Å²) in [7, 11) is 5.46. The van der Waals surface area contributed by atoms with Crippen LogP contribution >= 0.6 is 11.6 Å². The van der Waals surface area contributed by atoms with E-state index in [-0.39, 0.29) is 30.7 Å². The van der Waals surface area contributed by atoms with Crippen LogP contribution in [0.5, 0.6) is 0 Å². The topological polar surface area (TPSA) is 134 Å². The number of aromatic nitrogens is 3. The third kappa shape index (κ3) is 7.87. The Labute approximate surface area is 307 Å². The smallest absolute Gasteiger partial charge is 0.291 e. The number of hydrogen-bond acceptors (Lipinski definition) is 8. The minimum Gasteiger partial charge on any atom is -0.380 e. The Bertz CT molecular complexity index is 2000. The molecule has 0 saturated carbocycles. The minimum atomic E-state index is -1.18. The number of nitrogens with zero attached hydrogens (tertiary/aromatic N) is 5. The number of nitrogens with one attached hydrogen (secondary N) is 3. The van der Waals surface area contributed by atoms with Crippen LogP contribution < -0.4 is 16.0 Å². The van der Waals surface area contributed by atoms with Gasteiger partial charge in [-0.15, -0.1) is 0 Å². The Hall–Kier alpha value is -4.69. The number of pyridine rings is 1. The summed E-state index contributed by atoms with van der Waals surface area (Å²) in [5, 5.41) is 9.55. The van der Waals surface area contributed by atoms with Crippen LogP contribution in [0.3, 0.4) is 0 Å². The molecule has 12 nitrogen and oxygen atoms in total. The first-order valence-electron chi connectivity index (χ1n) is 17.3. The summed E-state index contributed by atoms with van der Waals surface area (Å²) >= 11 is 6.93. The highest BCUT2D eigenvalue weighted by molar-refractivity contribution is 6.36. The Kier molecular flexibility index (Phi) is 11.3. The molecule has 52 heavy (non-hydrogen) atoms. The van der Waals surface area contributed by atoms with Crippen LogP contribution in [-0.2, 0) is 42.7 Å². The van der Waals surface area contributed by atoms with Gasteiger partial charge in [-0.2, -0.15) is 0 Å². The summed E-state index contributed by atoms with van der Waals surface area (Å²) in [6, 6.07) is 12.2. The Morgan fingerprint density at radius 1 is 1.02 bits per heavy atom. The summed E-state index contributed by atoms with van der Waals surface area (Å²) in [4.78, 5) is 51.3. The fourth-order valence-corrected chi connectivity index (χ4v) is 7.16. The lowest BCUT2D eigenvalue weighted by molar-refractivity contribution is -0.131. The molecule has 3 amide bonds. The van der Waals surface area contributed by atoms with Crippen molar-refractivity contribution in [2.24, 2.45) is 7.05 Å². The number of anilines is 2. The monoisotopic (exact) mass is 730 g/mol. The molecule has 0 bridgehead atoms. The van der Waals surface area contributed by atoms with Gasteiger partial charge in [0.25, 0.3) is 11.8 Å². The van der Waals surface area contributed by atoms with E-state index in [1.165, 1.54) is 11.8 Å². The van der Waals surface area contributed by atoms with Crippen molar-refractivity contribution >= 4 is 40.7 Å². The number of piperidine rings is 1. The van der Waals surface area contributed by atoms with Crippen LogP contribution in [0.15, 0.2) is 48.7 Å². The van der Waals surface area contributed by atoms with Crippen LogP contribution in [0.2, 0.25) is 5.02 Å². The minimum absolute atomic E-state index is 0.0652. The van der Waals surface area contributed by atoms with Gasteiger partial charge in [0.05, 0.1) is 29.6 Å². The van der Waals surface area contributed by atoms with Gasteiger partial charge in [-0.3, -0.25) is 19.4 Å². The van der Waals surface area contributed by atoms with Crippen molar-refractivity contribution in [3.05, 3.63) is 93.3 Å². The van der Waals surface area contributed by atoms with Gasteiger partial charge in [-0.25, -0.2) is 9.37 Å². The normalized spacial score (nSPS) is 17.5. The zero-order chi connectivity index (χ0) is 37.1. The number of likely N-dealkylation sites (N-methyl/N-ethyl adjacent to an activating group) is 1. The predicted molar refractivity (Wildman–Crippen MR) is 198 cm³/mol. The SMILES string of the molecule is COCc1cc(C(=O)Nc2cccc(-c3cccc(NC(=O)c4nc5c(n4C)CCN(C)C5)c3Cl)c2C)ncc1CN[C@@H]1CCN(C(C)=O)C[C@@H]1F. The standard InChI is InChI=1S/C38H44ClFN8O4/c1-22-26(27-9-7-11-31(35(27)39)45-38(51)36-43-33-20-46(3)14-13-34(33)47(36)4)8-6-10-29(22)44-37(50)32-16-24(21-52-5)25(18-42-32)17-41-30-12-15-48(23(2)49)19-28(30)40/h6-11,16,18,28,30,41H,12-15,17,19-21H2,1-5H3,(H,44,50)(H,45,51)/t28-,30+/m0/s1. The lowest BCUT2D eigenvalue weighted by atomic mass is 9.98. The number of methoxy groups -OCH3 is 1. The maximum absolute atomic E-state index is 14.8. The third-order valence-corrected chi connectivity index (χ3v) is 10.3. The van der Waals surface area contributed by atoms with Crippen molar-refractivity contribution in [1.29, 1.82) is 0 Å². The molecular weight excluding hydrogens is 687 g/mol. The number of hydrogen-bond donors (Lipinski definition) is 3. The molecule has 2 aliphatic rings. The number of amides is 3. The summed E-state index contributed by atoms with van der Waals surface area (Å²) in [6.07, 6.45) is 1.75. The molecule has 1 saturated heterocycles. The van der Waals surface area contributed by atoms with Gasteiger partial charge in [0.1, 0.15) is 11.9 Å². The number of rotatable bonds is 10. The molecule has 0 radical (unpaired) electrons. The quantitative estimate of drug-likeness (QED) is 0.205. The van der Waals surface area contributed by atoms with Gasteiger partial charge >= 0.3 is 0 Å². The van der Waals surface area contributed by atoms with Gasteiger partial charge in [0.15, 0.2) is 5.82 Å². The Morgan fingerprint density at radius 2 is 1.75 bits per heavy atom. The van der Waals surface area contributed by atoms with Gasteiger partial charge in [-0.05, 0) is 60.8 Å². The molecule has 2 aromatic heterocycles. The summed E-state index contributed by atoms with van der Waals surface area (Å²) in [5.74, 6) is -0.558.